The zero-order valence-corrected chi connectivity index (χ0v) is 15.9. The topological polar surface area (TPSA) is 54.0 Å². The summed E-state index contributed by atoms with van der Waals surface area (Å²) in [5.74, 6) is 2.29. The zero-order valence-electron chi connectivity index (χ0n) is 15.9. The molecule has 3 atom stereocenters. The van der Waals surface area contributed by atoms with E-state index in [-0.39, 0.29) is 13.2 Å². The minimum atomic E-state index is -1.12. The van der Waals surface area contributed by atoms with E-state index >= 15 is 0 Å². The van der Waals surface area contributed by atoms with Gasteiger partial charge >= 0.3 is 5.97 Å². The van der Waals surface area contributed by atoms with Crippen molar-refractivity contribution in [2.45, 2.75) is 37.9 Å². The number of terminal acetylenes is 1. The summed E-state index contributed by atoms with van der Waals surface area (Å²) in [6.45, 7) is 2.38. The lowest BCUT2D eigenvalue weighted by molar-refractivity contribution is -0.155. The van der Waals surface area contributed by atoms with Crippen molar-refractivity contribution < 1.29 is 23.7 Å². The Morgan fingerprint density at radius 3 is 2.29 bits per heavy atom. The molecule has 0 radical (unpaired) electrons. The highest BCUT2D eigenvalue weighted by Crippen LogP contribution is 2.32. The quantitative estimate of drug-likeness (QED) is 0.520. The van der Waals surface area contributed by atoms with Crippen LogP contribution in [0.25, 0.3) is 0 Å². The predicted octanol–water partition coefficient (Wildman–Crippen LogP) is 3.12. The molecule has 0 spiro atoms. The molecule has 1 heterocycles. The van der Waals surface area contributed by atoms with E-state index in [1.54, 1.807) is 0 Å². The van der Waals surface area contributed by atoms with Gasteiger partial charge in [-0.1, -0.05) is 66.6 Å². The van der Waals surface area contributed by atoms with E-state index in [1.807, 2.05) is 60.7 Å². The van der Waals surface area contributed by atoms with Crippen LogP contribution in [-0.4, -0.2) is 37.0 Å². The van der Waals surface area contributed by atoms with Gasteiger partial charge in [-0.25, -0.2) is 0 Å². The molecule has 28 heavy (non-hydrogen) atoms. The van der Waals surface area contributed by atoms with Crippen LogP contribution in [0.1, 0.15) is 18.1 Å². The van der Waals surface area contributed by atoms with Crippen molar-refractivity contribution in [3.63, 3.8) is 0 Å². The second-order valence-corrected chi connectivity index (χ2v) is 6.69. The molecule has 0 saturated carbocycles. The van der Waals surface area contributed by atoms with Crippen molar-refractivity contribution in [2.75, 3.05) is 13.2 Å². The fourth-order valence-corrected chi connectivity index (χ4v) is 3.20. The molecule has 3 rings (SSSR count). The Morgan fingerprint density at radius 1 is 1.11 bits per heavy atom. The van der Waals surface area contributed by atoms with Gasteiger partial charge in [0.1, 0.15) is 6.10 Å². The summed E-state index contributed by atoms with van der Waals surface area (Å²) < 4.78 is 23.2. The smallest absolute Gasteiger partial charge is 0.303 e. The standard InChI is InChI=1S/C23H24O5/c1-3-23(17-25-14-19-10-6-4-7-11-19)22(21(16-27-23)28-18(2)24)26-15-20-12-8-5-9-13-20/h1,4-13,21-22H,14-17H2,2H3/t21?,22?,23-/m1/s1. The molecule has 5 nitrogen and oxygen atoms in total. The van der Waals surface area contributed by atoms with E-state index in [1.165, 1.54) is 6.92 Å². The Labute approximate surface area is 165 Å². The second-order valence-electron chi connectivity index (χ2n) is 6.69. The Kier molecular flexibility index (Phi) is 6.83. The highest BCUT2D eigenvalue weighted by Gasteiger charge is 2.52. The largest absolute Gasteiger partial charge is 0.457 e. The third-order valence-electron chi connectivity index (χ3n) is 4.56. The Morgan fingerprint density at radius 2 is 1.71 bits per heavy atom. The lowest BCUT2D eigenvalue weighted by atomic mass is 9.97. The number of esters is 1. The summed E-state index contributed by atoms with van der Waals surface area (Å²) in [5.41, 5.74) is 0.905. The molecular weight excluding hydrogens is 356 g/mol. The molecule has 2 unspecified atom stereocenters. The average Bonchev–Trinajstić information content (AvgIpc) is 3.05. The molecule has 0 N–H and O–H groups in total. The number of carbonyl (C=O) groups excluding carboxylic acids is 1. The summed E-state index contributed by atoms with van der Waals surface area (Å²) in [6.07, 6.45) is 4.61. The van der Waals surface area contributed by atoms with Gasteiger partial charge in [-0.05, 0) is 11.1 Å². The molecule has 146 valence electrons. The summed E-state index contributed by atoms with van der Waals surface area (Å²) in [7, 11) is 0. The number of ether oxygens (including phenoxy) is 4. The number of hydrogen-bond donors (Lipinski definition) is 0. The molecule has 5 heteroatoms. The van der Waals surface area contributed by atoms with Crippen LogP contribution in [0.4, 0.5) is 0 Å². The van der Waals surface area contributed by atoms with Crippen LogP contribution in [0, 0.1) is 12.3 Å². The van der Waals surface area contributed by atoms with Crippen LogP contribution in [0.5, 0.6) is 0 Å². The van der Waals surface area contributed by atoms with Crippen LogP contribution >= 0.6 is 0 Å². The van der Waals surface area contributed by atoms with Gasteiger partial charge in [0.15, 0.2) is 11.7 Å². The SMILES string of the molecule is C#C[C@]1(COCc2ccccc2)OCC(OC(C)=O)C1OCc1ccccc1. The van der Waals surface area contributed by atoms with E-state index in [4.69, 9.17) is 25.4 Å². The highest BCUT2D eigenvalue weighted by molar-refractivity contribution is 5.66. The van der Waals surface area contributed by atoms with Crippen molar-refractivity contribution in [1.29, 1.82) is 0 Å². The minimum Gasteiger partial charge on any atom is -0.457 e. The average molecular weight is 380 g/mol. The monoisotopic (exact) mass is 380 g/mol. The number of rotatable bonds is 8. The summed E-state index contributed by atoms with van der Waals surface area (Å²) >= 11 is 0. The van der Waals surface area contributed by atoms with Gasteiger partial charge in [0.2, 0.25) is 0 Å². The molecule has 0 aliphatic carbocycles. The minimum absolute atomic E-state index is 0.135. The van der Waals surface area contributed by atoms with Crippen LogP contribution < -0.4 is 0 Å². The lowest BCUT2D eigenvalue weighted by Crippen LogP contribution is -2.48. The third-order valence-corrected chi connectivity index (χ3v) is 4.56. The maximum atomic E-state index is 11.5. The van der Waals surface area contributed by atoms with Crippen LogP contribution in [0.15, 0.2) is 60.7 Å². The van der Waals surface area contributed by atoms with E-state index in [9.17, 15) is 4.79 Å². The van der Waals surface area contributed by atoms with Crippen LogP contribution in [-0.2, 0) is 37.0 Å². The molecule has 2 aromatic carbocycles. The van der Waals surface area contributed by atoms with E-state index in [0.29, 0.717) is 13.2 Å². The van der Waals surface area contributed by atoms with Gasteiger partial charge in [0, 0.05) is 6.92 Å². The fraction of sp³-hybridized carbons (Fsp3) is 0.348. The fourth-order valence-electron chi connectivity index (χ4n) is 3.20. The van der Waals surface area contributed by atoms with Gasteiger partial charge in [-0.3, -0.25) is 4.79 Å². The highest BCUT2D eigenvalue weighted by atomic mass is 16.6. The maximum absolute atomic E-state index is 11.5. The number of carbonyl (C=O) groups is 1. The van der Waals surface area contributed by atoms with E-state index < -0.39 is 23.8 Å². The molecule has 1 saturated heterocycles. The normalized spacial score (nSPS) is 23.9. The first-order chi connectivity index (χ1) is 13.6. The zero-order chi connectivity index (χ0) is 19.8. The first-order valence-electron chi connectivity index (χ1n) is 9.19. The van der Waals surface area contributed by atoms with Crippen molar-refractivity contribution >= 4 is 5.97 Å². The predicted molar refractivity (Wildman–Crippen MR) is 104 cm³/mol. The maximum Gasteiger partial charge on any atom is 0.303 e. The van der Waals surface area contributed by atoms with Gasteiger partial charge in [-0.15, -0.1) is 6.42 Å². The second kappa shape index (κ2) is 9.52. The molecule has 1 fully saturated rings. The molecule has 0 bridgehead atoms. The summed E-state index contributed by atoms with van der Waals surface area (Å²) in [5, 5.41) is 0. The van der Waals surface area contributed by atoms with Gasteiger partial charge in [-0.2, -0.15) is 0 Å². The van der Waals surface area contributed by atoms with E-state index in [2.05, 4.69) is 5.92 Å². The van der Waals surface area contributed by atoms with Crippen LogP contribution in [0.3, 0.4) is 0 Å². The lowest BCUT2D eigenvalue weighted by Gasteiger charge is -2.30. The van der Waals surface area contributed by atoms with Gasteiger partial charge in [0.25, 0.3) is 0 Å². The first kappa shape index (κ1) is 20.1. The molecule has 0 aromatic heterocycles. The molecule has 2 aromatic rings. The number of hydrogen-bond acceptors (Lipinski definition) is 5. The van der Waals surface area contributed by atoms with E-state index in [0.717, 1.165) is 11.1 Å². The Balaban J connectivity index is 1.70. The molecule has 0 amide bonds. The first-order valence-corrected chi connectivity index (χ1v) is 9.19. The van der Waals surface area contributed by atoms with Crippen molar-refractivity contribution in [3.05, 3.63) is 71.8 Å². The summed E-state index contributed by atoms with van der Waals surface area (Å²) in [4.78, 5) is 11.5. The summed E-state index contributed by atoms with van der Waals surface area (Å²) in [6, 6.07) is 19.5. The molecular formula is C23H24O5. The Bertz CT molecular complexity index is 799. The Hall–Kier alpha value is -2.65. The molecule has 1 aliphatic rings. The van der Waals surface area contributed by atoms with Crippen molar-refractivity contribution in [2.24, 2.45) is 0 Å². The number of benzene rings is 2. The van der Waals surface area contributed by atoms with Gasteiger partial charge in [0.05, 0.1) is 26.4 Å². The molecule has 1 aliphatic heterocycles. The van der Waals surface area contributed by atoms with Crippen molar-refractivity contribution in [1.82, 2.24) is 0 Å². The van der Waals surface area contributed by atoms with Crippen LogP contribution in [0.2, 0.25) is 0 Å². The van der Waals surface area contributed by atoms with Crippen molar-refractivity contribution in [3.8, 4) is 12.3 Å². The third kappa shape index (κ3) is 4.99. The van der Waals surface area contributed by atoms with Gasteiger partial charge < -0.3 is 18.9 Å².